The van der Waals surface area contributed by atoms with E-state index in [2.05, 4.69) is 73.8 Å². The Bertz CT molecular complexity index is 950. The lowest BCUT2D eigenvalue weighted by Crippen LogP contribution is -2.00. The normalized spacial score (nSPS) is 10.9. The van der Waals surface area contributed by atoms with Gasteiger partial charge in [0.15, 0.2) is 0 Å². The maximum Gasteiger partial charge on any atom is 0.105 e. The summed E-state index contributed by atoms with van der Waals surface area (Å²) < 4.78 is 4.15. The molecule has 0 radical (unpaired) electrons. The van der Waals surface area contributed by atoms with E-state index in [1.54, 1.807) is 0 Å². The quantitative estimate of drug-likeness (QED) is 0.569. The van der Waals surface area contributed by atoms with Gasteiger partial charge in [-0.2, -0.15) is 0 Å². The van der Waals surface area contributed by atoms with Gasteiger partial charge < -0.3 is 9.13 Å². The fourth-order valence-electron chi connectivity index (χ4n) is 2.81. The third-order valence-corrected chi connectivity index (χ3v) is 4.14. The third kappa shape index (κ3) is 2.86. The van der Waals surface area contributed by atoms with Crippen LogP contribution in [0.15, 0.2) is 79.5 Å². The van der Waals surface area contributed by atoms with Gasteiger partial charge in [0.1, 0.15) is 5.82 Å². The number of nitrogens with zero attached hydrogens (tertiary/aromatic N) is 4. The van der Waals surface area contributed by atoms with E-state index in [4.69, 9.17) is 0 Å². The smallest absolute Gasteiger partial charge is 0.105 e. The lowest BCUT2D eigenvalue weighted by Gasteiger charge is -2.06. The van der Waals surface area contributed by atoms with Crippen LogP contribution in [0.25, 0.3) is 16.8 Å². The molecule has 0 aliphatic carbocycles. The molecule has 0 saturated heterocycles. The van der Waals surface area contributed by atoms with Crippen LogP contribution in [0.4, 0.5) is 0 Å². The van der Waals surface area contributed by atoms with Gasteiger partial charge in [-0.25, -0.2) is 9.97 Å². The molecular formula is C20H18N4. The van der Waals surface area contributed by atoms with Gasteiger partial charge in [0.25, 0.3) is 0 Å². The molecule has 0 fully saturated rings. The summed E-state index contributed by atoms with van der Waals surface area (Å²) in [7, 11) is 0. The molecule has 4 heteroatoms. The van der Waals surface area contributed by atoms with Gasteiger partial charge in [-0.05, 0) is 30.2 Å². The fraction of sp³-hybridized carbons (Fsp3) is 0.100. The second kappa shape index (κ2) is 6.16. The Hall–Kier alpha value is -3.14. The number of hydrogen-bond donors (Lipinski definition) is 0. The van der Waals surface area contributed by atoms with Crippen LogP contribution in [0.5, 0.6) is 0 Å². The van der Waals surface area contributed by atoms with Crippen molar-refractivity contribution < 1.29 is 0 Å². The zero-order valence-electron chi connectivity index (χ0n) is 13.5. The predicted molar refractivity (Wildman–Crippen MR) is 95.1 cm³/mol. The number of hydrogen-bond acceptors (Lipinski definition) is 2. The van der Waals surface area contributed by atoms with Crippen molar-refractivity contribution >= 4 is 0 Å². The van der Waals surface area contributed by atoms with Crippen molar-refractivity contribution in [2.45, 2.75) is 13.5 Å². The summed E-state index contributed by atoms with van der Waals surface area (Å²) >= 11 is 0. The van der Waals surface area contributed by atoms with E-state index < -0.39 is 0 Å². The van der Waals surface area contributed by atoms with E-state index in [0.29, 0.717) is 0 Å². The highest BCUT2D eigenvalue weighted by molar-refractivity contribution is 5.65. The molecule has 4 nitrogen and oxygen atoms in total. The van der Waals surface area contributed by atoms with Crippen molar-refractivity contribution in [1.29, 1.82) is 0 Å². The summed E-state index contributed by atoms with van der Waals surface area (Å²) in [4.78, 5) is 8.78. The fourth-order valence-corrected chi connectivity index (χ4v) is 2.81. The van der Waals surface area contributed by atoms with Gasteiger partial charge in [0, 0.05) is 24.3 Å². The minimum atomic E-state index is 0.733. The van der Waals surface area contributed by atoms with Crippen LogP contribution in [-0.2, 0) is 6.54 Å². The molecule has 0 aliphatic heterocycles. The molecule has 0 saturated carbocycles. The third-order valence-electron chi connectivity index (χ3n) is 4.14. The topological polar surface area (TPSA) is 35.6 Å². The average molecular weight is 314 g/mol. The Morgan fingerprint density at radius 1 is 0.917 bits per heavy atom. The van der Waals surface area contributed by atoms with E-state index in [1.807, 2.05) is 31.7 Å². The molecule has 118 valence electrons. The van der Waals surface area contributed by atoms with Gasteiger partial charge in [-0.3, -0.25) is 0 Å². The summed E-state index contributed by atoms with van der Waals surface area (Å²) in [5.41, 5.74) is 4.54. The second-order valence-electron chi connectivity index (χ2n) is 5.79. The zero-order chi connectivity index (χ0) is 16.4. The zero-order valence-corrected chi connectivity index (χ0v) is 13.5. The Balaban J connectivity index is 1.62. The van der Waals surface area contributed by atoms with E-state index in [9.17, 15) is 0 Å². The summed E-state index contributed by atoms with van der Waals surface area (Å²) in [5, 5.41) is 0. The Morgan fingerprint density at radius 2 is 1.75 bits per heavy atom. The second-order valence-corrected chi connectivity index (χ2v) is 5.79. The Morgan fingerprint density at radius 3 is 2.54 bits per heavy atom. The van der Waals surface area contributed by atoms with Gasteiger partial charge in [0.05, 0.1) is 18.6 Å². The molecule has 2 aromatic carbocycles. The first-order chi connectivity index (χ1) is 11.8. The standard InChI is InChI=1S/C20H18N4/c1-16-21-10-11-23(16)13-19-14-24(15-22-19)20-9-5-8-18(12-20)17-6-3-2-4-7-17/h2-12,14-15H,13H2,1H3. The highest BCUT2D eigenvalue weighted by Gasteiger charge is 2.05. The molecule has 0 unspecified atom stereocenters. The van der Waals surface area contributed by atoms with Gasteiger partial charge >= 0.3 is 0 Å². The van der Waals surface area contributed by atoms with Crippen molar-refractivity contribution in [1.82, 2.24) is 19.1 Å². The largest absolute Gasteiger partial charge is 0.329 e. The van der Waals surface area contributed by atoms with E-state index >= 15 is 0 Å². The SMILES string of the molecule is Cc1nccn1Cc1cn(-c2cccc(-c3ccccc3)c2)cn1. The van der Waals surface area contributed by atoms with Crippen LogP contribution < -0.4 is 0 Å². The van der Waals surface area contributed by atoms with Crippen molar-refractivity contribution in [2.75, 3.05) is 0 Å². The summed E-state index contributed by atoms with van der Waals surface area (Å²) in [6.07, 6.45) is 7.73. The molecule has 0 amide bonds. The van der Waals surface area contributed by atoms with Gasteiger partial charge in [-0.15, -0.1) is 0 Å². The molecule has 4 rings (SSSR count). The number of imidazole rings is 2. The minimum absolute atomic E-state index is 0.733. The van der Waals surface area contributed by atoms with Crippen LogP contribution in [0.2, 0.25) is 0 Å². The first kappa shape index (κ1) is 14.5. The summed E-state index contributed by atoms with van der Waals surface area (Å²) in [6.45, 7) is 2.73. The first-order valence-electron chi connectivity index (χ1n) is 7.96. The predicted octanol–water partition coefficient (Wildman–Crippen LogP) is 4.09. The summed E-state index contributed by atoms with van der Waals surface area (Å²) in [6, 6.07) is 18.9. The maximum atomic E-state index is 4.53. The average Bonchev–Trinajstić information content (AvgIpc) is 3.26. The van der Waals surface area contributed by atoms with E-state index in [1.165, 1.54) is 11.1 Å². The molecule has 0 bridgehead atoms. The number of aryl methyl sites for hydroxylation is 1. The number of benzene rings is 2. The van der Waals surface area contributed by atoms with Crippen LogP contribution in [0, 0.1) is 6.92 Å². The molecule has 0 aliphatic rings. The van der Waals surface area contributed by atoms with E-state index in [-0.39, 0.29) is 0 Å². The van der Waals surface area contributed by atoms with Gasteiger partial charge in [0.2, 0.25) is 0 Å². The lowest BCUT2D eigenvalue weighted by atomic mass is 10.1. The van der Waals surface area contributed by atoms with Crippen molar-refractivity contribution in [3.05, 3.63) is 91.0 Å². The molecule has 0 atom stereocenters. The van der Waals surface area contributed by atoms with Crippen molar-refractivity contribution in [3.63, 3.8) is 0 Å². The number of rotatable bonds is 4. The molecular weight excluding hydrogens is 296 g/mol. The van der Waals surface area contributed by atoms with Crippen molar-refractivity contribution in [3.8, 4) is 16.8 Å². The number of aromatic nitrogens is 4. The Kier molecular flexibility index (Phi) is 3.71. The molecule has 4 aromatic rings. The molecule has 0 N–H and O–H groups in total. The van der Waals surface area contributed by atoms with Gasteiger partial charge in [-0.1, -0.05) is 42.5 Å². The molecule has 2 heterocycles. The molecule has 0 spiro atoms. The summed E-state index contributed by atoms with van der Waals surface area (Å²) in [5.74, 6) is 0.996. The lowest BCUT2D eigenvalue weighted by molar-refractivity contribution is 0.746. The maximum absolute atomic E-state index is 4.53. The molecule has 24 heavy (non-hydrogen) atoms. The van der Waals surface area contributed by atoms with Crippen LogP contribution >= 0.6 is 0 Å². The first-order valence-corrected chi connectivity index (χ1v) is 7.96. The monoisotopic (exact) mass is 314 g/mol. The highest BCUT2D eigenvalue weighted by atomic mass is 15.1. The highest BCUT2D eigenvalue weighted by Crippen LogP contribution is 2.22. The van der Waals surface area contributed by atoms with Crippen LogP contribution in [0.3, 0.4) is 0 Å². The van der Waals surface area contributed by atoms with Crippen molar-refractivity contribution in [2.24, 2.45) is 0 Å². The van der Waals surface area contributed by atoms with Crippen LogP contribution in [0.1, 0.15) is 11.5 Å². The van der Waals surface area contributed by atoms with Crippen LogP contribution in [-0.4, -0.2) is 19.1 Å². The molecule has 2 aromatic heterocycles. The Labute approximate surface area is 141 Å². The minimum Gasteiger partial charge on any atom is -0.329 e. The van der Waals surface area contributed by atoms with E-state index in [0.717, 1.165) is 23.8 Å².